The van der Waals surface area contributed by atoms with Crippen LogP contribution in [0.1, 0.15) is 5.56 Å². The number of rotatable bonds is 5. The Bertz CT molecular complexity index is 533. The number of hydrogen-bond donors (Lipinski definition) is 3. The maximum atomic E-state index is 5.14. The molecule has 3 fully saturated rings. The molecule has 4 rings (SSSR count). The molecule has 0 bridgehead atoms. The lowest BCUT2D eigenvalue weighted by Crippen LogP contribution is -2.42. The third kappa shape index (κ3) is 12.3. The van der Waals surface area contributed by atoms with E-state index in [1.165, 1.54) is 5.56 Å². The zero-order valence-electron chi connectivity index (χ0n) is 20.0. The average Bonchev–Trinajstić information content (AvgIpc) is 2.87. The molecule has 32 heavy (non-hydrogen) atoms. The highest BCUT2D eigenvalue weighted by molar-refractivity contribution is 5.85. The first-order valence-electron chi connectivity index (χ1n) is 11.3. The van der Waals surface area contributed by atoms with Crippen molar-refractivity contribution < 1.29 is 14.4 Å². The van der Waals surface area contributed by atoms with Gasteiger partial charge >= 0.3 is 0 Å². The van der Waals surface area contributed by atoms with Gasteiger partial charge in [-0.1, -0.05) is 12.1 Å². The summed E-state index contributed by atoms with van der Waals surface area (Å²) in [4.78, 5) is 12.4. The number of benzene rings is 1. The average molecular weight is 475 g/mol. The van der Waals surface area contributed by atoms with Crippen LogP contribution in [-0.2, 0) is 16.2 Å². The van der Waals surface area contributed by atoms with E-state index in [9.17, 15) is 0 Å². The first kappa shape index (κ1) is 29.0. The Balaban J connectivity index is 0.000000257. The fourth-order valence-electron chi connectivity index (χ4n) is 3.51. The quantitative estimate of drug-likeness (QED) is 0.563. The standard InChI is InChI=1S/C12H18N2O.2C5H12N2O.ClH/c1-15-12-4-2-11(3-5-12)10-14-8-6-13-7-9-14;2*1-8-7-4-2-6-3-5-7;/h2-5,13H,6-10H2,1H3;2*6H,2-5H2,1H3;1H. The molecule has 0 unspecified atom stereocenters. The van der Waals surface area contributed by atoms with Gasteiger partial charge in [0.25, 0.3) is 0 Å². The Morgan fingerprint density at radius 3 is 1.41 bits per heavy atom. The van der Waals surface area contributed by atoms with E-state index in [0.29, 0.717) is 0 Å². The minimum Gasteiger partial charge on any atom is -0.497 e. The molecule has 3 heterocycles. The van der Waals surface area contributed by atoms with Crippen molar-refractivity contribution in [1.29, 1.82) is 0 Å². The first-order chi connectivity index (χ1) is 15.2. The first-order valence-corrected chi connectivity index (χ1v) is 11.3. The molecule has 0 aromatic heterocycles. The molecule has 10 heteroatoms. The normalized spacial score (nSPS) is 20.1. The third-order valence-electron chi connectivity index (χ3n) is 5.44. The van der Waals surface area contributed by atoms with Crippen molar-refractivity contribution in [2.24, 2.45) is 0 Å². The van der Waals surface area contributed by atoms with E-state index >= 15 is 0 Å². The third-order valence-corrected chi connectivity index (χ3v) is 5.44. The molecule has 0 radical (unpaired) electrons. The van der Waals surface area contributed by atoms with Gasteiger partial charge in [-0.05, 0) is 17.7 Å². The number of piperazine rings is 3. The SMILES string of the molecule is CON1CCNCC1.CON1CCNCC1.COc1ccc(CN2CCNCC2)cc1.Cl. The lowest BCUT2D eigenvalue weighted by atomic mass is 10.2. The van der Waals surface area contributed by atoms with Crippen molar-refractivity contribution in [3.63, 3.8) is 0 Å². The number of hydrogen-bond acceptors (Lipinski definition) is 9. The van der Waals surface area contributed by atoms with Gasteiger partial charge in [-0.25, -0.2) is 0 Å². The molecular formula is C22H43ClN6O3. The lowest BCUT2D eigenvalue weighted by molar-refractivity contribution is -0.136. The van der Waals surface area contributed by atoms with E-state index < -0.39 is 0 Å². The van der Waals surface area contributed by atoms with E-state index in [1.54, 1.807) is 21.3 Å². The van der Waals surface area contributed by atoms with Crippen molar-refractivity contribution in [1.82, 2.24) is 31.0 Å². The van der Waals surface area contributed by atoms with E-state index in [2.05, 4.69) is 33.0 Å². The van der Waals surface area contributed by atoms with Crippen LogP contribution in [0.2, 0.25) is 0 Å². The smallest absolute Gasteiger partial charge is 0.118 e. The van der Waals surface area contributed by atoms with Crippen LogP contribution < -0.4 is 20.7 Å². The largest absolute Gasteiger partial charge is 0.497 e. The fraction of sp³-hybridized carbons (Fsp3) is 0.727. The van der Waals surface area contributed by atoms with Gasteiger partial charge in [0.05, 0.1) is 21.3 Å². The van der Waals surface area contributed by atoms with Gasteiger partial charge in [0.1, 0.15) is 5.75 Å². The van der Waals surface area contributed by atoms with Crippen molar-refractivity contribution >= 4 is 12.4 Å². The van der Waals surface area contributed by atoms with E-state index in [1.807, 2.05) is 22.3 Å². The highest BCUT2D eigenvalue weighted by atomic mass is 35.5. The van der Waals surface area contributed by atoms with Crippen molar-refractivity contribution in [3.05, 3.63) is 29.8 Å². The number of ether oxygens (including phenoxy) is 1. The van der Waals surface area contributed by atoms with E-state index in [0.717, 1.165) is 90.8 Å². The second kappa shape index (κ2) is 18.4. The van der Waals surface area contributed by atoms with Gasteiger partial charge in [-0.15, -0.1) is 12.4 Å². The predicted octanol–water partition coefficient (Wildman–Crippen LogP) is 0.428. The molecule has 3 saturated heterocycles. The molecule has 0 saturated carbocycles. The number of nitrogens with zero attached hydrogens (tertiary/aromatic N) is 3. The van der Waals surface area contributed by atoms with E-state index in [4.69, 9.17) is 14.4 Å². The summed E-state index contributed by atoms with van der Waals surface area (Å²) in [7, 11) is 5.13. The van der Waals surface area contributed by atoms with Gasteiger partial charge in [0, 0.05) is 85.1 Å². The molecule has 0 aliphatic carbocycles. The summed E-state index contributed by atoms with van der Waals surface area (Å²) in [5.74, 6) is 0.930. The summed E-state index contributed by atoms with van der Waals surface area (Å²) in [6.07, 6.45) is 0. The molecule has 3 aliphatic heterocycles. The van der Waals surface area contributed by atoms with Gasteiger partial charge < -0.3 is 30.4 Å². The predicted molar refractivity (Wildman–Crippen MR) is 131 cm³/mol. The summed E-state index contributed by atoms with van der Waals surface area (Å²) in [6, 6.07) is 8.33. The lowest BCUT2D eigenvalue weighted by Gasteiger charge is -2.27. The van der Waals surface area contributed by atoms with E-state index in [-0.39, 0.29) is 12.4 Å². The van der Waals surface area contributed by atoms with Crippen LogP contribution in [-0.4, -0.2) is 115 Å². The highest BCUT2D eigenvalue weighted by Crippen LogP contribution is 2.13. The monoisotopic (exact) mass is 474 g/mol. The van der Waals surface area contributed by atoms with Crippen LogP contribution in [0.3, 0.4) is 0 Å². The van der Waals surface area contributed by atoms with Gasteiger partial charge in [-0.3, -0.25) is 4.90 Å². The van der Waals surface area contributed by atoms with Crippen molar-refractivity contribution in [2.45, 2.75) is 6.54 Å². The summed E-state index contributed by atoms with van der Waals surface area (Å²) in [5, 5.41) is 13.7. The minimum atomic E-state index is 0. The second-order valence-electron chi connectivity index (χ2n) is 7.60. The fourth-order valence-corrected chi connectivity index (χ4v) is 3.51. The maximum absolute atomic E-state index is 5.14. The maximum Gasteiger partial charge on any atom is 0.118 e. The van der Waals surface area contributed by atoms with Gasteiger partial charge in [0.15, 0.2) is 0 Å². The number of nitrogens with one attached hydrogen (secondary N) is 3. The summed E-state index contributed by atoms with van der Waals surface area (Å²) in [6.45, 7) is 13.8. The Morgan fingerprint density at radius 2 is 1.06 bits per heavy atom. The van der Waals surface area contributed by atoms with Crippen LogP contribution in [0.5, 0.6) is 5.75 Å². The summed E-state index contributed by atoms with van der Waals surface area (Å²) in [5.41, 5.74) is 1.36. The summed E-state index contributed by atoms with van der Waals surface area (Å²) < 4.78 is 5.14. The number of hydroxylamine groups is 4. The Morgan fingerprint density at radius 1 is 0.656 bits per heavy atom. The molecular weight excluding hydrogens is 432 g/mol. The number of halogens is 1. The van der Waals surface area contributed by atoms with Gasteiger partial charge in [-0.2, -0.15) is 10.1 Å². The molecule has 186 valence electrons. The highest BCUT2D eigenvalue weighted by Gasteiger charge is 2.09. The van der Waals surface area contributed by atoms with Crippen LogP contribution in [0.4, 0.5) is 0 Å². The minimum absolute atomic E-state index is 0. The van der Waals surface area contributed by atoms with Crippen LogP contribution in [0, 0.1) is 0 Å². The van der Waals surface area contributed by atoms with Crippen LogP contribution in [0.15, 0.2) is 24.3 Å². The summed E-state index contributed by atoms with van der Waals surface area (Å²) >= 11 is 0. The zero-order valence-corrected chi connectivity index (χ0v) is 20.8. The molecule has 1 aromatic rings. The van der Waals surface area contributed by atoms with Crippen LogP contribution in [0.25, 0.3) is 0 Å². The zero-order chi connectivity index (χ0) is 22.2. The van der Waals surface area contributed by atoms with Gasteiger partial charge in [0.2, 0.25) is 0 Å². The Labute approximate surface area is 200 Å². The molecule has 9 nitrogen and oxygen atoms in total. The van der Waals surface area contributed by atoms with Crippen molar-refractivity contribution in [2.75, 3.05) is 99.9 Å². The Hall–Kier alpha value is -1.01. The molecule has 0 atom stereocenters. The second-order valence-corrected chi connectivity index (χ2v) is 7.60. The van der Waals surface area contributed by atoms with Crippen LogP contribution >= 0.6 is 12.4 Å². The molecule has 3 aliphatic rings. The molecule has 0 spiro atoms. The molecule has 0 amide bonds. The number of methoxy groups -OCH3 is 1. The topological polar surface area (TPSA) is 73.5 Å². The molecule has 3 N–H and O–H groups in total. The Kier molecular flexibility index (Phi) is 16.7. The molecule has 1 aromatic carbocycles. The van der Waals surface area contributed by atoms with Crippen molar-refractivity contribution in [3.8, 4) is 5.75 Å².